The van der Waals surface area contributed by atoms with Crippen LogP contribution in [0.4, 0.5) is 14.9 Å². The van der Waals surface area contributed by atoms with E-state index in [-0.39, 0.29) is 18.5 Å². The summed E-state index contributed by atoms with van der Waals surface area (Å²) in [5, 5.41) is 0. The SMILES string of the molecule is CCOC(=O)N1CCN(c2ccc(C3(C(=O)N4CCC5(C4)OC(=O)c4cnccc45)CC3)c(F)c2)CC1. The standard InChI is InChI=1S/C27H29FN4O5/c1-2-36-25(35)31-13-11-30(12-14-31)18-3-4-21(22(28)15-18)26(6-7-26)24(34)32-10-8-27(17-32)20-5-9-29-16-19(20)23(33)37-27/h3-5,9,15-16H,2,6-8,10-14,17H2,1H3. The van der Waals surface area contributed by atoms with Crippen LogP contribution in [0.15, 0.2) is 36.7 Å². The van der Waals surface area contributed by atoms with E-state index >= 15 is 4.39 Å². The number of halogens is 1. The summed E-state index contributed by atoms with van der Waals surface area (Å²) < 4.78 is 26.3. The molecule has 194 valence electrons. The van der Waals surface area contributed by atoms with Crippen molar-refractivity contribution in [2.24, 2.45) is 0 Å². The topological polar surface area (TPSA) is 92.3 Å². The first-order valence-electron chi connectivity index (χ1n) is 12.8. The Morgan fingerprint density at radius 3 is 2.54 bits per heavy atom. The molecule has 0 bridgehead atoms. The maximum Gasteiger partial charge on any atom is 0.409 e. The molecule has 1 spiro atoms. The molecule has 2 amide bonds. The maximum absolute atomic E-state index is 15.5. The molecule has 1 aromatic heterocycles. The van der Waals surface area contributed by atoms with E-state index in [1.165, 1.54) is 12.3 Å². The monoisotopic (exact) mass is 508 g/mol. The zero-order valence-corrected chi connectivity index (χ0v) is 20.7. The predicted molar refractivity (Wildman–Crippen MR) is 131 cm³/mol. The molecule has 9 nitrogen and oxygen atoms in total. The number of pyridine rings is 1. The Kier molecular flexibility index (Phi) is 5.58. The van der Waals surface area contributed by atoms with Gasteiger partial charge in [0.25, 0.3) is 0 Å². The second kappa shape index (κ2) is 8.71. The molecule has 1 aromatic carbocycles. The number of carbonyl (C=O) groups excluding carboxylic acids is 3. The third-order valence-corrected chi connectivity index (χ3v) is 8.14. The Hall–Kier alpha value is -3.69. The number of aromatic nitrogens is 1. The summed E-state index contributed by atoms with van der Waals surface area (Å²) >= 11 is 0. The van der Waals surface area contributed by atoms with Crippen molar-refractivity contribution in [3.63, 3.8) is 0 Å². The lowest BCUT2D eigenvalue weighted by Gasteiger charge is -2.35. The molecule has 1 aliphatic carbocycles. The van der Waals surface area contributed by atoms with E-state index in [0.717, 1.165) is 11.3 Å². The molecular formula is C27H29FN4O5. The van der Waals surface area contributed by atoms with E-state index in [9.17, 15) is 14.4 Å². The number of rotatable bonds is 4. The van der Waals surface area contributed by atoms with Crippen LogP contribution in [0.25, 0.3) is 0 Å². The third-order valence-electron chi connectivity index (χ3n) is 8.14. The largest absolute Gasteiger partial charge is 0.450 e. The highest BCUT2D eigenvalue weighted by atomic mass is 19.1. The highest BCUT2D eigenvalue weighted by Crippen LogP contribution is 2.53. The number of piperazine rings is 1. The molecule has 4 heterocycles. The van der Waals surface area contributed by atoms with Crippen molar-refractivity contribution in [1.29, 1.82) is 0 Å². The van der Waals surface area contributed by atoms with Gasteiger partial charge in [0, 0.05) is 68.4 Å². The van der Waals surface area contributed by atoms with Gasteiger partial charge < -0.3 is 24.2 Å². The van der Waals surface area contributed by atoms with Gasteiger partial charge in [0.15, 0.2) is 5.60 Å². The van der Waals surface area contributed by atoms with Gasteiger partial charge in [-0.2, -0.15) is 0 Å². The van der Waals surface area contributed by atoms with Crippen molar-refractivity contribution < 1.29 is 28.2 Å². The van der Waals surface area contributed by atoms with Crippen LogP contribution >= 0.6 is 0 Å². The average Bonchev–Trinajstić information content (AvgIpc) is 3.53. The maximum atomic E-state index is 15.5. The van der Waals surface area contributed by atoms with Crippen molar-refractivity contribution in [1.82, 2.24) is 14.8 Å². The quantitative estimate of drug-likeness (QED) is 0.587. The molecule has 10 heteroatoms. The van der Waals surface area contributed by atoms with Gasteiger partial charge in [-0.1, -0.05) is 6.07 Å². The highest BCUT2D eigenvalue weighted by molar-refractivity contribution is 5.95. The number of amides is 2. The molecule has 1 saturated carbocycles. The molecular weight excluding hydrogens is 479 g/mol. The predicted octanol–water partition coefficient (Wildman–Crippen LogP) is 2.83. The number of likely N-dealkylation sites (tertiary alicyclic amines) is 1. The average molecular weight is 509 g/mol. The van der Waals surface area contributed by atoms with E-state index in [0.29, 0.717) is 69.7 Å². The van der Waals surface area contributed by atoms with E-state index in [1.54, 1.807) is 35.1 Å². The molecule has 0 N–H and O–H groups in total. The summed E-state index contributed by atoms with van der Waals surface area (Å²) in [6, 6.07) is 6.87. The number of esters is 1. The molecule has 3 aliphatic heterocycles. The number of nitrogens with zero attached hydrogens (tertiary/aromatic N) is 4. The van der Waals surface area contributed by atoms with E-state index in [1.807, 2.05) is 11.0 Å². The number of ether oxygens (including phenoxy) is 2. The van der Waals surface area contributed by atoms with Gasteiger partial charge in [-0.3, -0.25) is 9.78 Å². The van der Waals surface area contributed by atoms with Crippen LogP contribution in [0.3, 0.4) is 0 Å². The molecule has 6 rings (SSSR count). The van der Waals surface area contributed by atoms with Crippen LogP contribution in [0, 0.1) is 5.82 Å². The first-order chi connectivity index (χ1) is 17.9. The number of benzene rings is 1. The fraction of sp³-hybridized carbons (Fsp3) is 0.481. The Morgan fingerprint density at radius 1 is 1.05 bits per heavy atom. The van der Waals surface area contributed by atoms with Gasteiger partial charge in [-0.25, -0.2) is 14.0 Å². The van der Waals surface area contributed by atoms with Crippen LogP contribution in [0.1, 0.15) is 47.7 Å². The third kappa shape index (κ3) is 3.81. The molecule has 2 saturated heterocycles. The van der Waals surface area contributed by atoms with Gasteiger partial charge in [-0.05, 0) is 38.0 Å². The highest BCUT2D eigenvalue weighted by Gasteiger charge is 2.58. The van der Waals surface area contributed by atoms with Crippen molar-refractivity contribution in [2.45, 2.75) is 37.2 Å². The second-order valence-corrected chi connectivity index (χ2v) is 10.2. The number of hydrogen-bond acceptors (Lipinski definition) is 7. The Balaban J connectivity index is 1.16. The zero-order chi connectivity index (χ0) is 25.8. The molecule has 0 radical (unpaired) electrons. The Morgan fingerprint density at radius 2 is 1.84 bits per heavy atom. The summed E-state index contributed by atoms with van der Waals surface area (Å²) in [4.78, 5) is 47.5. The minimum absolute atomic E-state index is 0.113. The van der Waals surface area contributed by atoms with Crippen LogP contribution in [-0.4, -0.2) is 78.6 Å². The molecule has 4 aliphatic rings. The van der Waals surface area contributed by atoms with Crippen molar-refractivity contribution in [2.75, 3.05) is 50.8 Å². The number of carbonyl (C=O) groups is 3. The lowest BCUT2D eigenvalue weighted by Crippen LogP contribution is -2.49. The molecule has 1 unspecified atom stereocenters. The summed E-state index contributed by atoms with van der Waals surface area (Å²) in [7, 11) is 0. The van der Waals surface area contributed by atoms with Crippen LogP contribution in [0.2, 0.25) is 0 Å². The Bertz CT molecular complexity index is 1270. The fourth-order valence-electron chi connectivity index (χ4n) is 5.98. The van der Waals surface area contributed by atoms with E-state index < -0.39 is 22.8 Å². The minimum Gasteiger partial charge on any atom is -0.450 e. The van der Waals surface area contributed by atoms with Crippen molar-refractivity contribution in [3.8, 4) is 0 Å². The van der Waals surface area contributed by atoms with E-state index in [2.05, 4.69) is 4.98 Å². The number of fused-ring (bicyclic) bond motifs is 2. The van der Waals surface area contributed by atoms with Crippen molar-refractivity contribution >= 4 is 23.7 Å². The van der Waals surface area contributed by atoms with Crippen molar-refractivity contribution in [3.05, 3.63) is 59.2 Å². The molecule has 2 aromatic rings. The lowest BCUT2D eigenvalue weighted by molar-refractivity contribution is -0.134. The molecule has 37 heavy (non-hydrogen) atoms. The fourth-order valence-corrected chi connectivity index (χ4v) is 5.98. The summed E-state index contributed by atoms with van der Waals surface area (Å²) in [5.74, 6) is -0.922. The molecule has 3 fully saturated rings. The first kappa shape index (κ1) is 23.7. The van der Waals surface area contributed by atoms with Gasteiger partial charge in [0.1, 0.15) is 5.82 Å². The van der Waals surface area contributed by atoms with Gasteiger partial charge in [0.2, 0.25) is 5.91 Å². The summed E-state index contributed by atoms with van der Waals surface area (Å²) in [6.07, 6.45) is 4.50. The summed E-state index contributed by atoms with van der Waals surface area (Å²) in [5.41, 5.74) is 0.640. The van der Waals surface area contributed by atoms with Crippen LogP contribution in [0.5, 0.6) is 0 Å². The van der Waals surface area contributed by atoms with Crippen LogP contribution < -0.4 is 4.90 Å². The van der Waals surface area contributed by atoms with Gasteiger partial charge in [-0.15, -0.1) is 0 Å². The molecule has 1 atom stereocenters. The summed E-state index contributed by atoms with van der Waals surface area (Å²) in [6.45, 7) is 4.98. The first-order valence-corrected chi connectivity index (χ1v) is 12.8. The van der Waals surface area contributed by atoms with Gasteiger partial charge >= 0.3 is 12.1 Å². The lowest BCUT2D eigenvalue weighted by atomic mass is 9.92. The number of anilines is 1. The number of hydrogen-bond donors (Lipinski definition) is 0. The Labute approximate surface area is 214 Å². The zero-order valence-electron chi connectivity index (χ0n) is 20.7. The minimum atomic E-state index is -0.875. The van der Waals surface area contributed by atoms with E-state index in [4.69, 9.17) is 9.47 Å². The second-order valence-electron chi connectivity index (χ2n) is 10.2. The smallest absolute Gasteiger partial charge is 0.409 e. The van der Waals surface area contributed by atoms with Crippen LogP contribution in [-0.2, 0) is 25.3 Å². The normalized spacial score (nSPS) is 23.7. The van der Waals surface area contributed by atoms with Gasteiger partial charge in [0.05, 0.1) is 24.1 Å².